The lowest BCUT2D eigenvalue weighted by atomic mass is 9.88. The van der Waals surface area contributed by atoms with Crippen LogP contribution in [-0.2, 0) is 11.2 Å². The third-order valence-corrected chi connectivity index (χ3v) is 6.03. The average Bonchev–Trinajstić information content (AvgIpc) is 2.80. The van der Waals surface area contributed by atoms with Crippen LogP contribution >= 0.6 is 0 Å². The lowest BCUT2D eigenvalue weighted by Gasteiger charge is -2.19. The van der Waals surface area contributed by atoms with Crippen LogP contribution in [0.15, 0.2) is 57.9 Å². The third-order valence-electron chi connectivity index (χ3n) is 6.03. The van der Waals surface area contributed by atoms with Gasteiger partial charge in [-0.15, -0.1) is 0 Å². The summed E-state index contributed by atoms with van der Waals surface area (Å²) in [7, 11) is 0. The summed E-state index contributed by atoms with van der Waals surface area (Å²) in [5.41, 5.74) is 7.77. The molecule has 0 radical (unpaired) electrons. The van der Waals surface area contributed by atoms with Crippen LogP contribution in [0.25, 0.3) is 33.4 Å². The van der Waals surface area contributed by atoms with E-state index < -0.39 is 0 Å². The number of aryl methyl sites for hydroxylation is 3. The minimum Gasteiger partial charge on any atom is -0.462 e. The van der Waals surface area contributed by atoms with Gasteiger partial charge in [0.2, 0.25) is 0 Å². The molecular formula is C29H31NO3. The van der Waals surface area contributed by atoms with Crippen molar-refractivity contribution in [2.24, 2.45) is 4.99 Å². The molecule has 0 atom stereocenters. The van der Waals surface area contributed by atoms with E-state index in [0.29, 0.717) is 18.7 Å². The Hall–Kier alpha value is -3.40. The van der Waals surface area contributed by atoms with Crippen LogP contribution in [0.2, 0.25) is 0 Å². The van der Waals surface area contributed by atoms with Crippen molar-refractivity contribution < 1.29 is 13.9 Å². The van der Waals surface area contributed by atoms with Crippen molar-refractivity contribution in [3.63, 3.8) is 0 Å². The number of hydrogen-bond donors (Lipinski definition) is 0. The van der Waals surface area contributed by atoms with Crippen molar-refractivity contribution in [2.75, 3.05) is 13.2 Å². The normalized spacial score (nSPS) is 12.0. The lowest BCUT2D eigenvalue weighted by molar-refractivity contribution is 0.0527. The van der Waals surface area contributed by atoms with E-state index >= 15 is 0 Å². The summed E-state index contributed by atoms with van der Waals surface area (Å²) in [4.78, 5) is 17.5. The first-order chi connectivity index (χ1) is 16.0. The molecule has 33 heavy (non-hydrogen) atoms. The molecule has 0 saturated heterocycles. The molecule has 2 aliphatic rings. The van der Waals surface area contributed by atoms with Gasteiger partial charge < -0.3 is 9.15 Å². The summed E-state index contributed by atoms with van der Waals surface area (Å²) in [5, 5.41) is 1.93. The van der Waals surface area contributed by atoms with Crippen LogP contribution in [0, 0.1) is 13.8 Å². The number of carbonyl (C=O) groups is 1. The van der Waals surface area contributed by atoms with Crippen molar-refractivity contribution in [3.05, 3.63) is 76.1 Å². The van der Waals surface area contributed by atoms with Gasteiger partial charge in [-0.1, -0.05) is 31.5 Å². The van der Waals surface area contributed by atoms with E-state index in [2.05, 4.69) is 44.0 Å². The van der Waals surface area contributed by atoms with E-state index in [1.165, 1.54) is 11.1 Å². The first kappa shape index (κ1) is 22.8. The fraction of sp³-hybridized carbons (Fsp3) is 0.310. The van der Waals surface area contributed by atoms with Crippen molar-refractivity contribution in [3.8, 4) is 22.5 Å². The van der Waals surface area contributed by atoms with E-state index in [-0.39, 0.29) is 5.97 Å². The van der Waals surface area contributed by atoms with Crippen LogP contribution in [0.3, 0.4) is 0 Å². The second-order valence-electron chi connectivity index (χ2n) is 8.38. The molecule has 0 N–H and O–H groups in total. The maximum Gasteiger partial charge on any atom is 0.338 e. The Morgan fingerprint density at radius 2 is 1.76 bits per heavy atom. The molecule has 0 unspecified atom stereocenters. The molecule has 0 bridgehead atoms. The van der Waals surface area contributed by atoms with Crippen LogP contribution in [0.1, 0.15) is 54.2 Å². The monoisotopic (exact) mass is 441 g/mol. The Balaban J connectivity index is 2.15. The summed E-state index contributed by atoms with van der Waals surface area (Å²) >= 11 is 0. The molecule has 2 aromatic carbocycles. The predicted molar refractivity (Wildman–Crippen MR) is 134 cm³/mol. The summed E-state index contributed by atoms with van der Waals surface area (Å²) in [5.74, 6) is 0.448. The van der Waals surface area contributed by atoms with Gasteiger partial charge in [-0.25, -0.2) is 4.79 Å². The fourth-order valence-corrected chi connectivity index (χ4v) is 4.49. The number of ether oxygens (including phenoxy) is 1. The zero-order valence-corrected chi connectivity index (χ0v) is 20.1. The van der Waals surface area contributed by atoms with E-state index in [1.54, 1.807) is 0 Å². The topological polar surface area (TPSA) is 51.8 Å². The quantitative estimate of drug-likeness (QED) is 0.242. The highest BCUT2D eigenvalue weighted by Crippen LogP contribution is 2.42. The first-order valence-electron chi connectivity index (χ1n) is 11.8. The Morgan fingerprint density at radius 3 is 2.48 bits per heavy atom. The zero-order chi connectivity index (χ0) is 23.5. The largest absolute Gasteiger partial charge is 0.462 e. The van der Waals surface area contributed by atoms with Gasteiger partial charge in [-0.2, -0.15) is 0 Å². The predicted octanol–water partition coefficient (Wildman–Crippen LogP) is 6.87. The minimum absolute atomic E-state index is 0.316. The number of rotatable bonds is 6. The second-order valence-corrected chi connectivity index (χ2v) is 8.38. The van der Waals surface area contributed by atoms with Crippen molar-refractivity contribution in [1.29, 1.82) is 0 Å². The maximum atomic E-state index is 12.9. The molecule has 0 amide bonds. The molecule has 1 aliphatic heterocycles. The third kappa shape index (κ3) is 4.30. The standard InChI is InChI=1S/C29H31NO3/c1-6-11-20-16-26-23(14-18(20)4)28(21-12-9-10-13-22(21)29(31)32-8-3)24-15-19(5)25(30-7-2)17-27(24)33-26/h9-10,12-17H,6-8,11H2,1-5H3. The lowest BCUT2D eigenvalue weighted by Crippen LogP contribution is -2.10. The maximum absolute atomic E-state index is 12.9. The number of carbonyl (C=O) groups excluding carboxylic acids is 1. The van der Waals surface area contributed by atoms with Crippen LogP contribution in [0.4, 0.5) is 0 Å². The van der Waals surface area contributed by atoms with E-state index in [0.717, 1.165) is 57.2 Å². The summed E-state index contributed by atoms with van der Waals surface area (Å²) in [6.45, 7) is 11.3. The SMILES string of the molecule is CCCc1cc2oc3cc(=NCC)c(C)cc-3c(-c3ccccc3C(=O)OCC)c2cc1C. The molecule has 1 aliphatic carbocycles. The number of fused-ring (bicyclic) bond motifs is 2. The molecule has 170 valence electrons. The molecule has 1 heterocycles. The number of benzene rings is 3. The van der Waals surface area contributed by atoms with E-state index in [9.17, 15) is 4.79 Å². The van der Waals surface area contributed by atoms with Gasteiger partial charge in [0.25, 0.3) is 0 Å². The second kappa shape index (κ2) is 9.62. The van der Waals surface area contributed by atoms with Crippen molar-refractivity contribution in [1.82, 2.24) is 0 Å². The van der Waals surface area contributed by atoms with Gasteiger partial charge in [0.05, 0.1) is 17.5 Å². The highest BCUT2D eigenvalue weighted by molar-refractivity contribution is 6.08. The Kier molecular flexibility index (Phi) is 6.64. The Labute approximate surface area is 195 Å². The van der Waals surface area contributed by atoms with E-state index in [1.807, 2.05) is 44.2 Å². The highest BCUT2D eigenvalue weighted by Gasteiger charge is 2.23. The molecule has 4 rings (SSSR count). The molecular weight excluding hydrogens is 410 g/mol. The Morgan fingerprint density at radius 1 is 0.970 bits per heavy atom. The minimum atomic E-state index is -0.316. The van der Waals surface area contributed by atoms with E-state index in [4.69, 9.17) is 9.15 Å². The Bertz CT molecular complexity index is 1360. The number of esters is 1. The summed E-state index contributed by atoms with van der Waals surface area (Å²) < 4.78 is 11.9. The van der Waals surface area contributed by atoms with Gasteiger partial charge in [-0.3, -0.25) is 4.99 Å². The van der Waals surface area contributed by atoms with Gasteiger partial charge in [0.1, 0.15) is 11.3 Å². The fourth-order valence-electron chi connectivity index (χ4n) is 4.49. The van der Waals surface area contributed by atoms with Crippen molar-refractivity contribution >= 4 is 16.9 Å². The molecule has 0 aromatic heterocycles. The average molecular weight is 442 g/mol. The molecule has 0 spiro atoms. The van der Waals surface area contributed by atoms with Gasteiger partial charge >= 0.3 is 5.97 Å². The summed E-state index contributed by atoms with van der Waals surface area (Å²) in [6, 6.07) is 16.2. The van der Waals surface area contributed by atoms with Crippen LogP contribution in [-0.4, -0.2) is 19.1 Å². The van der Waals surface area contributed by atoms with Crippen LogP contribution in [0.5, 0.6) is 0 Å². The molecule has 0 saturated carbocycles. The summed E-state index contributed by atoms with van der Waals surface area (Å²) in [6.07, 6.45) is 2.06. The van der Waals surface area contributed by atoms with Gasteiger partial charge in [0, 0.05) is 29.1 Å². The highest BCUT2D eigenvalue weighted by atomic mass is 16.5. The smallest absolute Gasteiger partial charge is 0.338 e. The number of nitrogens with zero attached hydrogens (tertiary/aromatic N) is 1. The zero-order valence-electron chi connectivity index (χ0n) is 20.1. The van der Waals surface area contributed by atoms with Crippen LogP contribution < -0.4 is 5.36 Å². The van der Waals surface area contributed by atoms with Gasteiger partial charge in [-0.05, 0) is 80.6 Å². The molecule has 0 fully saturated rings. The first-order valence-corrected chi connectivity index (χ1v) is 11.8. The number of hydrogen-bond acceptors (Lipinski definition) is 4. The molecule has 4 nitrogen and oxygen atoms in total. The molecule has 2 aromatic rings. The molecule has 4 heteroatoms. The van der Waals surface area contributed by atoms with Crippen molar-refractivity contribution in [2.45, 2.75) is 47.5 Å². The van der Waals surface area contributed by atoms with Gasteiger partial charge in [0.15, 0.2) is 0 Å².